The van der Waals surface area contributed by atoms with Gasteiger partial charge in [0.25, 0.3) is 0 Å². The highest BCUT2D eigenvalue weighted by Gasteiger charge is 2.39. The first-order valence-electron chi connectivity index (χ1n) is 4.95. The van der Waals surface area contributed by atoms with Gasteiger partial charge in [0.05, 0.1) is 12.2 Å². The minimum Gasteiger partial charge on any atom is -0.412 e. The van der Waals surface area contributed by atoms with E-state index in [1.807, 2.05) is 13.0 Å². The third-order valence-corrected chi connectivity index (χ3v) is 7.51. The molecule has 0 radical (unpaired) electrons. The summed E-state index contributed by atoms with van der Waals surface area (Å²) in [5.41, 5.74) is 5.60. The summed E-state index contributed by atoms with van der Waals surface area (Å²) in [6.07, 6.45) is -0.180. The van der Waals surface area contributed by atoms with Crippen LogP contribution in [-0.4, -0.2) is 20.5 Å². The Morgan fingerprint density at radius 3 is 2.07 bits per heavy atom. The number of rotatable bonds is 3. The highest BCUT2D eigenvalue weighted by atomic mass is 28.4. The molecule has 0 aromatic rings. The van der Waals surface area contributed by atoms with E-state index in [0.717, 1.165) is 0 Å². The van der Waals surface area contributed by atoms with E-state index in [0.29, 0.717) is 0 Å². The normalized spacial score (nSPS) is 17.3. The second-order valence-electron chi connectivity index (χ2n) is 5.24. The van der Waals surface area contributed by atoms with Crippen LogP contribution in [0.25, 0.3) is 0 Å². The summed E-state index contributed by atoms with van der Waals surface area (Å²) < 4.78 is 5.95. The molecule has 3 nitrogen and oxygen atoms in total. The first-order valence-corrected chi connectivity index (χ1v) is 7.85. The summed E-state index contributed by atoms with van der Waals surface area (Å²) in [6.45, 7) is 12.7. The molecule has 0 saturated heterocycles. The maximum atomic E-state index is 8.67. The molecule has 0 bridgehead atoms. The second kappa shape index (κ2) is 4.43. The number of nitrogens with zero attached hydrogens (tertiary/aromatic N) is 1. The van der Waals surface area contributed by atoms with E-state index in [2.05, 4.69) is 33.9 Å². The van der Waals surface area contributed by atoms with Crippen LogP contribution in [-0.2, 0) is 4.43 Å². The van der Waals surface area contributed by atoms with Gasteiger partial charge in [0, 0.05) is 0 Å². The molecule has 4 heteroatoms. The fraction of sp³-hybridized carbons (Fsp3) is 0.900. The largest absolute Gasteiger partial charge is 0.412 e. The van der Waals surface area contributed by atoms with Crippen molar-refractivity contribution in [2.24, 2.45) is 5.73 Å². The van der Waals surface area contributed by atoms with Crippen LogP contribution in [0.5, 0.6) is 0 Å². The Bertz CT molecular complexity index is 227. The van der Waals surface area contributed by atoms with Gasteiger partial charge in [-0.3, -0.25) is 0 Å². The molecule has 0 aromatic heterocycles. The van der Waals surface area contributed by atoms with Crippen molar-refractivity contribution in [1.82, 2.24) is 0 Å². The molecule has 0 saturated carbocycles. The standard InChI is InChI=1S/C10H22N2OSi/c1-8(9(12)7-11)13-14(5,6)10(2,3)4/h8-9H,12H2,1-6H3/t8-,9+/m0/s1. The number of hydrogen-bond acceptors (Lipinski definition) is 3. The third kappa shape index (κ3) is 3.41. The van der Waals surface area contributed by atoms with Crippen LogP contribution in [0.3, 0.4) is 0 Å². The third-order valence-electron chi connectivity index (χ3n) is 2.94. The van der Waals surface area contributed by atoms with Gasteiger partial charge >= 0.3 is 0 Å². The van der Waals surface area contributed by atoms with E-state index < -0.39 is 14.4 Å². The first kappa shape index (κ1) is 13.6. The Balaban J connectivity index is 4.46. The van der Waals surface area contributed by atoms with Crippen molar-refractivity contribution in [3.8, 4) is 6.07 Å². The molecule has 82 valence electrons. The van der Waals surface area contributed by atoms with Gasteiger partial charge in [-0.1, -0.05) is 20.8 Å². The molecule has 0 aliphatic rings. The summed E-state index contributed by atoms with van der Waals surface area (Å²) in [5.74, 6) is 0. The van der Waals surface area contributed by atoms with Gasteiger partial charge in [0.2, 0.25) is 0 Å². The Morgan fingerprint density at radius 1 is 1.36 bits per heavy atom. The molecule has 2 atom stereocenters. The predicted octanol–water partition coefficient (Wildman–Crippen LogP) is 2.25. The maximum absolute atomic E-state index is 8.67. The summed E-state index contributed by atoms with van der Waals surface area (Å²) in [7, 11) is -1.78. The molecule has 0 rings (SSSR count). The fourth-order valence-corrected chi connectivity index (χ4v) is 2.25. The van der Waals surface area contributed by atoms with Crippen LogP contribution in [0.15, 0.2) is 0 Å². The highest BCUT2D eigenvalue weighted by molar-refractivity contribution is 6.74. The molecule has 0 aliphatic heterocycles. The van der Waals surface area contributed by atoms with Crippen LogP contribution in [0.2, 0.25) is 18.1 Å². The quantitative estimate of drug-likeness (QED) is 0.733. The van der Waals surface area contributed by atoms with Gasteiger partial charge in [-0.15, -0.1) is 0 Å². The molecule has 0 amide bonds. The first-order chi connectivity index (χ1) is 6.12. The average molecular weight is 214 g/mol. The second-order valence-corrected chi connectivity index (χ2v) is 9.99. The van der Waals surface area contributed by atoms with E-state index in [1.54, 1.807) is 0 Å². The fourth-order valence-electron chi connectivity index (χ4n) is 0.820. The smallest absolute Gasteiger partial charge is 0.192 e. The minimum atomic E-state index is -1.78. The zero-order valence-electron chi connectivity index (χ0n) is 10.1. The van der Waals surface area contributed by atoms with Crippen molar-refractivity contribution in [2.45, 2.75) is 58.0 Å². The van der Waals surface area contributed by atoms with Crippen LogP contribution in [0.4, 0.5) is 0 Å². The number of nitrogens with two attached hydrogens (primary N) is 1. The molecule has 0 spiro atoms. The summed E-state index contributed by atoms with van der Waals surface area (Å²) in [5, 5.41) is 8.83. The SMILES string of the molecule is C[C@H](O[Si](C)(C)C(C)(C)C)[C@H](N)C#N. The molecular formula is C10H22N2OSi. The van der Waals surface area contributed by atoms with Gasteiger partial charge in [-0.25, -0.2) is 0 Å². The monoisotopic (exact) mass is 214 g/mol. The van der Waals surface area contributed by atoms with Crippen molar-refractivity contribution < 1.29 is 4.43 Å². The number of nitriles is 1. The lowest BCUT2D eigenvalue weighted by atomic mass is 10.2. The van der Waals surface area contributed by atoms with Crippen LogP contribution in [0.1, 0.15) is 27.7 Å². The van der Waals surface area contributed by atoms with E-state index in [-0.39, 0.29) is 11.1 Å². The van der Waals surface area contributed by atoms with Crippen LogP contribution >= 0.6 is 0 Å². The molecule has 0 aliphatic carbocycles. The van der Waals surface area contributed by atoms with E-state index >= 15 is 0 Å². The van der Waals surface area contributed by atoms with Gasteiger partial charge in [-0.2, -0.15) is 5.26 Å². The topological polar surface area (TPSA) is 59.0 Å². The Labute approximate surface area is 88.4 Å². The zero-order chi connectivity index (χ0) is 11.6. The molecule has 0 fully saturated rings. The van der Waals surface area contributed by atoms with E-state index in [1.165, 1.54) is 0 Å². The lowest BCUT2D eigenvalue weighted by Crippen LogP contribution is -2.47. The van der Waals surface area contributed by atoms with E-state index in [4.69, 9.17) is 15.4 Å². The molecule has 0 unspecified atom stereocenters. The molecule has 0 aromatic carbocycles. The van der Waals surface area contributed by atoms with Crippen molar-refractivity contribution in [3.05, 3.63) is 0 Å². The minimum absolute atomic E-state index is 0.163. The van der Waals surface area contributed by atoms with Gasteiger partial charge in [0.15, 0.2) is 8.32 Å². The summed E-state index contributed by atoms with van der Waals surface area (Å²) in [4.78, 5) is 0. The van der Waals surface area contributed by atoms with Crippen molar-refractivity contribution in [2.75, 3.05) is 0 Å². The lowest BCUT2D eigenvalue weighted by molar-refractivity contribution is 0.187. The molecule has 2 N–H and O–H groups in total. The van der Waals surface area contributed by atoms with Gasteiger partial charge < -0.3 is 10.2 Å². The van der Waals surface area contributed by atoms with Crippen molar-refractivity contribution in [3.63, 3.8) is 0 Å². The molecule has 14 heavy (non-hydrogen) atoms. The van der Waals surface area contributed by atoms with Crippen molar-refractivity contribution in [1.29, 1.82) is 5.26 Å². The lowest BCUT2D eigenvalue weighted by Gasteiger charge is -2.38. The van der Waals surface area contributed by atoms with Gasteiger partial charge in [-0.05, 0) is 25.1 Å². The summed E-state index contributed by atoms with van der Waals surface area (Å²) in [6, 6.07) is 1.49. The predicted molar refractivity (Wildman–Crippen MR) is 61.3 cm³/mol. The maximum Gasteiger partial charge on any atom is 0.192 e. The molecular weight excluding hydrogens is 192 g/mol. The van der Waals surface area contributed by atoms with Crippen LogP contribution in [0, 0.1) is 11.3 Å². The Kier molecular flexibility index (Phi) is 4.31. The molecule has 0 heterocycles. The van der Waals surface area contributed by atoms with E-state index in [9.17, 15) is 0 Å². The number of hydrogen-bond donors (Lipinski definition) is 1. The van der Waals surface area contributed by atoms with Crippen LogP contribution < -0.4 is 5.73 Å². The summed E-state index contributed by atoms with van der Waals surface area (Å²) >= 11 is 0. The Hall–Kier alpha value is -0.373. The Morgan fingerprint density at radius 2 is 1.79 bits per heavy atom. The van der Waals surface area contributed by atoms with Gasteiger partial charge in [0.1, 0.15) is 6.04 Å². The average Bonchev–Trinajstić information content (AvgIpc) is 2.00. The highest BCUT2D eigenvalue weighted by Crippen LogP contribution is 2.37. The van der Waals surface area contributed by atoms with Crippen molar-refractivity contribution >= 4 is 8.32 Å². The zero-order valence-corrected chi connectivity index (χ0v) is 11.1.